The Balaban J connectivity index is 1.59. The van der Waals surface area contributed by atoms with Crippen molar-refractivity contribution in [2.45, 2.75) is 43.2 Å². The molecule has 1 fully saturated rings. The number of halogens is 4. The van der Waals surface area contributed by atoms with Gasteiger partial charge in [-0.2, -0.15) is 13.2 Å². The Hall–Kier alpha value is -3.47. The number of ether oxygens (including phenoxy) is 1. The van der Waals surface area contributed by atoms with Crippen LogP contribution in [0.3, 0.4) is 0 Å². The van der Waals surface area contributed by atoms with Crippen molar-refractivity contribution in [2.24, 2.45) is 0 Å². The molecule has 0 spiro atoms. The van der Waals surface area contributed by atoms with Gasteiger partial charge in [0.25, 0.3) is 0 Å². The Bertz CT molecular complexity index is 1580. The summed E-state index contributed by atoms with van der Waals surface area (Å²) in [5.74, 6) is 5.97. The summed E-state index contributed by atoms with van der Waals surface area (Å²) in [7, 11) is 1.06. The fourth-order valence-corrected chi connectivity index (χ4v) is 6.08. The van der Waals surface area contributed by atoms with Gasteiger partial charge in [0.15, 0.2) is 0 Å². The molecule has 0 aliphatic carbocycles. The van der Waals surface area contributed by atoms with E-state index in [0.29, 0.717) is 41.8 Å². The molecule has 1 aromatic heterocycles. The first kappa shape index (κ1) is 31.5. The molecule has 0 saturated carbocycles. The van der Waals surface area contributed by atoms with Crippen molar-refractivity contribution in [2.75, 3.05) is 58.0 Å². The zero-order valence-electron chi connectivity index (χ0n) is 23.9. The minimum absolute atomic E-state index is 0.0507. The number of sulfonamides is 1. The third-order valence-electron chi connectivity index (χ3n) is 7.28. The van der Waals surface area contributed by atoms with Gasteiger partial charge in [-0.3, -0.25) is 0 Å². The van der Waals surface area contributed by atoms with Crippen molar-refractivity contribution < 1.29 is 30.7 Å². The van der Waals surface area contributed by atoms with E-state index in [1.54, 1.807) is 37.3 Å². The number of hydrogen-bond acceptors (Lipinski definition) is 6. The predicted molar refractivity (Wildman–Crippen MR) is 156 cm³/mol. The molecule has 0 radical (unpaired) electrons. The molecule has 2 aromatic carbocycles. The highest BCUT2D eigenvalue weighted by Crippen LogP contribution is 2.32. The first-order valence-electron chi connectivity index (χ1n) is 13.5. The first-order valence-corrected chi connectivity index (χ1v) is 14.9. The number of methoxy groups -OCH3 is 1. The number of rotatable bonds is 9. The number of anilines is 2. The van der Waals surface area contributed by atoms with E-state index in [4.69, 9.17) is 4.74 Å². The molecular weight excluding hydrogens is 574 g/mol. The normalized spacial score (nSPS) is 18.1. The van der Waals surface area contributed by atoms with Crippen LogP contribution < -0.4 is 15.4 Å². The Labute approximate surface area is 243 Å². The van der Waals surface area contributed by atoms with Crippen LogP contribution >= 0.6 is 0 Å². The van der Waals surface area contributed by atoms with Gasteiger partial charge in [-0.05, 0) is 49.7 Å². The number of likely N-dealkylation sites (tertiary alicyclic amines) is 1. The molecule has 1 aliphatic rings. The number of alkyl halides is 4. The van der Waals surface area contributed by atoms with Gasteiger partial charge in [-0.25, -0.2) is 17.1 Å². The van der Waals surface area contributed by atoms with E-state index in [1.165, 1.54) is 30.6 Å². The van der Waals surface area contributed by atoms with Crippen LogP contribution in [0.25, 0.3) is 10.9 Å². The lowest BCUT2D eigenvalue weighted by Gasteiger charge is -2.33. The molecule has 0 bridgehead atoms. The molecule has 1 aliphatic heterocycles. The van der Waals surface area contributed by atoms with E-state index in [9.17, 15) is 26.0 Å². The second-order valence-electron chi connectivity index (χ2n) is 10.2. The first-order chi connectivity index (χ1) is 19.8. The van der Waals surface area contributed by atoms with Crippen molar-refractivity contribution in [1.29, 1.82) is 0 Å². The third kappa shape index (κ3) is 7.11. The highest BCUT2D eigenvalue weighted by atomic mass is 32.2. The number of hydrogen-bond donors (Lipinski definition) is 2. The van der Waals surface area contributed by atoms with Crippen LogP contribution in [0.15, 0.2) is 47.4 Å². The quantitative estimate of drug-likeness (QED) is 0.269. The van der Waals surface area contributed by atoms with Crippen LogP contribution in [0.2, 0.25) is 0 Å². The van der Waals surface area contributed by atoms with Gasteiger partial charge in [0, 0.05) is 43.8 Å². The Kier molecular flexibility index (Phi) is 9.60. The number of nitrogens with one attached hydrogen (secondary N) is 2. The molecular formula is C29H35F4N5O3S. The zero-order valence-corrected chi connectivity index (χ0v) is 24.7. The molecule has 13 heteroatoms. The molecule has 2 heterocycles. The average molecular weight is 610 g/mol. The van der Waals surface area contributed by atoms with Gasteiger partial charge in [-0.15, -0.1) is 0 Å². The van der Waals surface area contributed by atoms with Gasteiger partial charge in [0.05, 0.1) is 41.5 Å². The average Bonchev–Trinajstić information content (AvgIpc) is 3.28. The summed E-state index contributed by atoms with van der Waals surface area (Å²) in [6.45, 7) is 1.85. The largest absolute Gasteiger partial charge is 0.495 e. The smallest absolute Gasteiger partial charge is 0.406 e. The molecule has 8 nitrogen and oxygen atoms in total. The van der Waals surface area contributed by atoms with E-state index in [-0.39, 0.29) is 29.4 Å². The van der Waals surface area contributed by atoms with Crippen molar-refractivity contribution in [1.82, 2.24) is 13.8 Å². The van der Waals surface area contributed by atoms with E-state index in [0.717, 1.165) is 4.57 Å². The minimum Gasteiger partial charge on any atom is -0.495 e. The standard InChI is InChI=1S/C29H35F4N5O3S/c1-5-37(3)42(39,40)21-11-12-26(28(17-21)41-4)34-14-7-8-20-16-22-24(35-25-13-15-36(2)18-23(25)30)9-6-10-27(22)38(20)19-29(31,32)33/h6,9-12,16-17,23,25,34-35H,5,13-15,18-19H2,1-4H3/t23-,25+/m0/s1. The van der Waals surface area contributed by atoms with E-state index >= 15 is 0 Å². The summed E-state index contributed by atoms with van der Waals surface area (Å²) in [6, 6.07) is 10.5. The number of fused-ring (bicyclic) bond motifs is 1. The monoisotopic (exact) mass is 609 g/mol. The Morgan fingerprint density at radius 1 is 1.17 bits per heavy atom. The van der Waals surface area contributed by atoms with Gasteiger partial charge in [0.1, 0.15) is 18.5 Å². The van der Waals surface area contributed by atoms with Gasteiger partial charge >= 0.3 is 6.18 Å². The minimum atomic E-state index is -4.48. The molecule has 3 aromatic rings. The molecule has 1 saturated heterocycles. The lowest BCUT2D eigenvalue weighted by atomic mass is 10.0. The topological polar surface area (TPSA) is 78.8 Å². The van der Waals surface area contributed by atoms with Gasteiger partial charge < -0.3 is 24.8 Å². The van der Waals surface area contributed by atoms with E-state index in [1.807, 2.05) is 11.9 Å². The SMILES string of the molecule is CCN(C)S(=O)(=O)c1ccc(NCC#Cc2cc3c(N[C@@H]4CCN(C)C[C@@H]4F)cccc3n2CC(F)(F)F)c(OC)c1. The Morgan fingerprint density at radius 3 is 2.60 bits per heavy atom. The molecule has 0 unspecified atom stereocenters. The third-order valence-corrected chi connectivity index (χ3v) is 9.21. The second-order valence-corrected chi connectivity index (χ2v) is 12.3. The number of piperidine rings is 1. The van der Waals surface area contributed by atoms with Crippen LogP contribution in [-0.4, -0.2) is 88.0 Å². The summed E-state index contributed by atoms with van der Waals surface area (Å²) in [5.41, 5.74) is 1.54. The fraction of sp³-hybridized carbons (Fsp3) is 0.448. The van der Waals surface area contributed by atoms with Crippen LogP contribution in [0.1, 0.15) is 19.0 Å². The van der Waals surface area contributed by atoms with Crippen LogP contribution in [-0.2, 0) is 16.6 Å². The zero-order chi connectivity index (χ0) is 30.7. The lowest BCUT2D eigenvalue weighted by molar-refractivity contribution is -0.140. The molecule has 228 valence electrons. The predicted octanol–water partition coefficient (Wildman–Crippen LogP) is 4.77. The van der Waals surface area contributed by atoms with Gasteiger partial charge in [-0.1, -0.05) is 18.9 Å². The van der Waals surface area contributed by atoms with Crippen molar-refractivity contribution in [3.05, 3.63) is 48.2 Å². The number of benzene rings is 2. The summed E-state index contributed by atoms with van der Waals surface area (Å²) in [6.07, 6.45) is -5.02. The molecule has 2 N–H and O–H groups in total. The summed E-state index contributed by atoms with van der Waals surface area (Å²) in [4.78, 5) is 1.97. The highest BCUT2D eigenvalue weighted by molar-refractivity contribution is 7.89. The summed E-state index contributed by atoms with van der Waals surface area (Å²) < 4.78 is 88.3. The summed E-state index contributed by atoms with van der Waals surface area (Å²) in [5, 5.41) is 6.77. The molecule has 42 heavy (non-hydrogen) atoms. The van der Waals surface area contributed by atoms with Crippen LogP contribution in [0.5, 0.6) is 5.75 Å². The van der Waals surface area contributed by atoms with Crippen molar-refractivity contribution in [3.63, 3.8) is 0 Å². The molecule has 2 atom stereocenters. The van der Waals surface area contributed by atoms with Crippen LogP contribution in [0.4, 0.5) is 28.9 Å². The maximum absolute atomic E-state index is 14.7. The summed E-state index contributed by atoms with van der Waals surface area (Å²) >= 11 is 0. The highest BCUT2D eigenvalue weighted by Gasteiger charge is 2.31. The maximum Gasteiger partial charge on any atom is 0.406 e. The van der Waals surface area contributed by atoms with Crippen molar-refractivity contribution >= 4 is 32.3 Å². The van der Waals surface area contributed by atoms with Crippen molar-refractivity contribution in [3.8, 4) is 17.6 Å². The van der Waals surface area contributed by atoms with Crippen LogP contribution in [0, 0.1) is 11.8 Å². The number of nitrogens with zero attached hydrogens (tertiary/aromatic N) is 3. The van der Waals surface area contributed by atoms with E-state index < -0.39 is 35.0 Å². The maximum atomic E-state index is 14.7. The lowest BCUT2D eigenvalue weighted by Crippen LogP contribution is -2.46. The fourth-order valence-electron chi connectivity index (χ4n) is 4.88. The number of aromatic nitrogens is 1. The Morgan fingerprint density at radius 2 is 1.93 bits per heavy atom. The second kappa shape index (κ2) is 12.8. The molecule has 0 amide bonds. The molecule has 4 rings (SSSR count). The van der Waals surface area contributed by atoms with E-state index in [2.05, 4.69) is 22.5 Å². The van der Waals surface area contributed by atoms with Gasteiger partial charge in [0.2, 0.25) is 10.0 Å².